The Hall–Kier alpha value is -1.82. The van der Waals surface area contributed by atoms with Gasteiger partial charge < -0.3 is 15.0 Å². The average Bonchev–Trinajstić information content (AvgIpc) is 2.94. The molecule has 0 saturated heterocycles. The smallest absolute Gasteiger partial charge is 0.0610 e. The number of fused-ring (bicyclic) bond motifs is 3. The Balaban J connectivity index is 1.90. The van der Waals surface area contributed by atoms with Crippen LogP contribution in [0.5, 0.6) is 0 Å². The molecule has 0 bridgehead atoms. The molecule has 0 aliphatic rings. The molecule has 3 aromatic carbocycles. The summed E-state index contributed by atoms with van der Waals surface area (Å²) in [4.78, 5) is 0. The van der Waals surface area contributed by atoms with Crippen molar-refractivity contribution in [3.05, 3.63) is 75.2 Å². The van der Waals surface area contributed by atoms with Crippen LogP contribution in [-0.4, -0.2) is 16.3 Å². The number of aromatic nitrogens is 1. The molecule has 0 unspecified atom stereocenters. The second-order valence-corrected chi connectivity index (χ2v) is 8.05. The standard InChI is InChI=1S/C21H18Br2N2O/c22-15-6-7-20-18(11-15)19-12-16(23)10-14(21(19)25(20)8-9-26)13-24-17-4-2-1-3-5-17/h1-7,10-12,24,26H,8-9,13H2. The number of anilines is 1. The maximum atomic E-state index is 9.61. The fraction of sp³-hybridized carbons (Fsp3) is 0.143. The third-order valence-electron chi connectivity index (χ3n) is 4.54. The van der Waals surface area contributed by atoms with Gasteiger partial charge in [0.15, 0.2) is 0 Å². The predicted molar refractivity (Wildman–Crippen MR) is 116 cm³/mol. The Kier molecular flexibility index (Phi) is 5.02. The highest BCUT2D eigenvalue weighted by Gasteiger charge is 2.15. The van der Waals surface area contributed by atoms with Crippen molar-refractivity contribution < 1.29 is 5.11 Å². The summed E-state index contributed by atoms with van der Waals surface area (Å²) in [6.07, 6.45) is 0. The molecule has 0 atom stereocenters. The molecule has 0 aliphatic heterocycles. The fourth-order valence-corrected chi connectivity index (χ4v) is 4.35. The fourth-order valence-electron chi connectivity index (χ4n) is 3.48. The van der Waals surface area contributed by atoms with Gasteiger partial charge in [-0.1, -0.05) is 50.1 Å². The zero-order chi connectivity index (χ0) is 18.1. The topological polar surface area (TPSA) is 37.2 Å². The van der Waals surface area contributed by atoms with Crippen molar-refractivity contribution in [2.45, 2.75) is 13.1 Å². The number of hydrogen-bond donors (Lipinski definition) is 2. The number of hydrogen-bond acceptors (Lipinski definition) is 2. The normalized spacial score (nSPS) is 11.3. The second kappa shape index (κ2) is 7.43. The predicted octanol–water partition coefficient (Wildman–Crippen LogP) is 5.92. The van der Waals surface area contributed by atoms with Gasteiger partial charge >= 0.3 is 0 Å². The lowest BCUT2D eigenvalue weighted by atomic mass is 10.1. The van der Waals surface area contributed by atoms with Crippen molar-refractivity contribution in [3.63, 3.8) is 0 Å². The first kappa shape index (κ1) is 17.6. The van der Waals surface area contributed by atoms with E-state index in [1.807, 2.05) is 24.3 Å². The molecule has 0 spiro atoms. The number of rotatable bonds is 5. The van der Waals surface area contributed by atoms with Gasteiger partial charge in [0.05, 0.1) is 12.1 Å². The number of benzene rings is 3. The highest BCUT2D eigenvalue weighted by Crippen LogP contribution is 2.35. The lowest BCUT2D eigenvalue weighted by Gasteiger charge is -2.12. The van der Waals surface area contributed by atoms with Gasteiger partial charge in [0.1, 0.15) is 0 Å². The van der Waals surface area contributed by atoms with E-state index in [1.54, 1.807) is 0 Å². The van der Waals surface area contributed by atoms with E-state index in [-0.39, 0.29) is 6.61 Å². The maximum absolute atomic E-state index is 9.61. The summed E-state index contributed by atoms with van der Waals surface area (Å²) in [7, 11) is 0. The van der Waals surface area contributed by atoms with Crippen LogP contribution in [0.3, 0.4) is 0 Å². The van der Waals surface area contributed by atoms with Crippen LogP contribution in [0, 0.1) is 0 Å². The first-order chi connectivity index (χ1) is 12.7. The Morgan fingerprint density at radius 3 is 2.42 bits per heavy atom. The molecule has 1 aromatic heterocycles. The summed E-state index contributed by atoms with van der Waals surface area (Å²) in [5.41, 5.74) is 4.59. The third-order valence-corrected chi connectivity index (χ3v) is 5.49. The molecule has 4 rings (SSSR count). The van der Waals surface area contributed by atoms with E-state index in [0.29, 0.717) is 13.1 Å². The van der Waals surface area contributed by atoms with Crippen LogP contribution in [0.4, 0.5) is 5.69 Å². The lowest BCUT2D eigenvalue weighted by Crippen LogP contribution is -2.06. The van der Waals surface area contributed by atoms with E-state index in [0.717, 1.165) is 20.1 Å². The van der Waals surface area contributed by atoms with Crippen LogP contribution in [0.1, 0.15) is 5.56 Å². The molecule has 3 nitrogen and oxygen atoms in total. The number of nitrogens with one attached hydrogen (secondary N) is 1. The summed E-state index contributed by atoms with van der Waals surface area (Å²) in [6, 6.07) is 20.8. The van der Waals surface area contributed by atoms with Gasteiger partial charge in [-0.3, -0.25) is 0 Å². The van der Waals surface area contributed by atoms with Crippen LogP contribution in [0.15, 0.2) is 69.6 Å². The van der Waals surface area contributed by atoms with Crippen molar-refractivity contribution in [2.75, 3.05) is 11.9 Å². The van der Waals surface area contributed by atoms with Crippen molar-refractivity contribution in [1.29, 1.82) is 0 Å². The van der Waals surface area contributed by atoms with Gasteiger partial charge in [-0.05, 0) is 48.0 Å². The van der Waals surface area contributed by atoms with E-state index < -0.39 is 0 Å². The summed E-state index contributed by atoms with van der Waals surface area (Å²) in [5.74, 6) is 0. The van der Waals surface area contributed by atoms with Crippen LogP contribution in [0.25, 0.3) is 21.8 Å². The van der Waals surface area contributed by atoms with Crippen molar-refractivity contribution >= 4 is 59.4 Å². The Bertz CT molecular complexity index is 1070. The quantitative estimate of drug-likeness (QED) is 0.377. The van der Waals surface area contributed by atoms with Crippen molar-refractivity contribution in [2.24, 2.45) is 0 Å². The molecule has 0 amide bonds. The molecule has 0 aliphatic carbocycles. The molecular weight excluding hydrogens is 456 g/mol. The van der Waals surface area contributed by atoms with E-state index in [9.17, 15) is 5.11 Å². The van der Waals surface area contributed by atoms with Gasteiger partial charge in [0, 0.05) is 44.0 Å². The summed E-state index contributed by atoms with van der Waals surface area (Å²) >= 11 is 7.25. The minimum atomic E-state index is 0.108. The van der Waals surface area contributed by atoms with Gasteiger partial charge in [-0.15, -0.1) is 0 Å². The summed E-state index contributed by atoms with van der Waals surface area (Å²) in [5, 5.41) is 15.5. The molecule has 0 saturated carbocycles. The highest BCUT2D eigenvalue weighted by atomic mass is 79.9. The average molecular weight is 474 g/mol. The molecule has 4 aromatic rings. The highest BCUT2D eigenvalue weighted by molar-refractivity contribution is 9.10. The van der Waals surface area contributed by atoms with Gasteiger partial charge in [0.25, 0.3) is 0 Å². The van der Waals surface area contributed by atoms with Crippen LogP contribution >= 0.6 is 31.9 Å². The molecule has 0 fully saturated rings. The minimum absolute atomic E-state index is 0.108. The molecule has 2 N–H and O–H groups in total. The SMILES string of the molecule is OCCn1c2ccc(Br)cc2c2cc(Br)cc(CNc3ccccc3)c21. The van der Waals surface area contributed by atoms with Crippen molar-refractivity contribution in [1.82, 2.24) is 4.57 Å². The monoisotopic (exact) mass is 472 g/mol. The largest absolute Gasteiger partial charge is 0.395 e. The Morgan fingerprint density at radius 2 is 1.65 bits per heavy atom. The van der Waals surface area contributed by atoms with E-state index in [1.165, 1.54) is 21.9 Å². The Morgan fingerprint density at radius 1 is 0.885 bits per heavy atom. The van der Waals surface area contributed by atoms with Gasteiger partial charge in [0.2, 0.25) is 0 Å². The first-order valence-electron chi connectivity index (χ1n) is 8.47. The number of para-hydroxylation sites is 1. The molecule has 1 heterocycles. The number of aliphatic hydroxyl groups excluding tert-OH is 1. The summed E-state index contributed by atoms with van der Waals surface area (Å²) < 4.78 is 4.32. The number of nitrogens with zero attached hydrogens (tertiary/aromatic N) is 1. The van der Waals surface area contributed by atoms with E-state index in [2.05, 4.69) is 78.1 Å². The van der Waals surface area contributed by atoms with Crippen molar-refractivity contribution in [3.8, 4) is 0 Å². The molecule has 5 heteroatoms. The molecule has 132 valence electrons. The van der Waals surface area contributed by atoms with Crippen LogP contribution in [-0.2, 0) is 13.1 Å². The number of aliphatic hydroxyl groups is 1. The zero-order valence-corrected chi connectivity index (χ0v) is 17.2. The number of halogens is 2. The third kappa shape index (κ3) is 3.27. The maximum Gasteiger partial charge on any atom is 0.0610 e. The summed E-state index contributed by atoms with van der Waals surface area (Å²) in [6.45, 7) is 1.39. The molecular formula is C21H18Br2N2O. The Labute approximate surface area is 168 Å². The lowest BCUT2D eigenvalue weighted by molar-refractivity contribution is 0.280. The molecule has 0 radical (unpaired) electrons. The van der Waals surface area contributed by atoms with E-state index in [4.69, 9.17) is 0 Å². The van der Waals surface area contributed by atoms with E-state index >= 15 is 0 Å². The van der Waals surface area contributed by atoms with Crippen LogP contribution < -0.4 is 5.32 Å². The van der Waals surface area contributed by atoms with Crippen LogP contribution in [0.2, 0.25) is 0 Å². The second-order valence-electron chi connectivity index (χ2n) is 6.22. The van der Waals surface area contributed by atoms with Gasteiger partial charge in [-0.25, -0.2) is 0 Å². The first-order valence-corrected chi connectivity index (χ1v) is 10.1. The van der Waals surface area contributed by atoms with Gasteiger partial charge in [-0.2, -0.15) is 0 Å². The zero-order valence-electron chi connectivity index (χ0n) is 14.0. The minimum Gasteiger partial charge on any atom is -0.395 e. The molecule has 26 heavy (non-hydrogen) atoms.